The number of halogens is 2. The molecule has 26 heavy (non-hydrogen) atoms. The van der Waals surface area contributed by atoms with Crippen LogP contribution in [0.1, 0.15) is 18.5 Å². The number of rotatable bonds is 6. The van der Waals surface area contributed by atoms with Gasteiger partial charge in [-0.2, -0.15) is 0 Å². The molecule has 0 bridgehead atoms. The molecular weight excluding hydrogens is 391 g/mol. The van der Waals surface area contributed by atoms with Crippen molar-refractivity contribution in [3.63, 3.8) is 0 Å². The van der Waals surface area contributed by atoms with E-state index in [-0.39, 0.29) is 17.7 Å². The van der Waals surface area contributed by atoms with Crippen molar-refractivity contribution in [2.45, 2.75) is 18.1 Å². The molecule has 2 N–H and O–H groups in total. The number of hydrogen-bond donors (Lipinski definition) is 2. The van der Waals surface area contributed by atoms with Crippen LogP contribution < -0.4 is 5.32 Å². The predicted octanol–water partition coefficient (Wildman–Crippen LogP) is 4.75. The van der Waals surface area contributed by atoms with Crippen LogP contribution in [-0.4, -0.2) is 26.8 Å². The van der Waals surface area contributed by atoms with Crippen LogP contribution in [0, 0.1) is 0 Å². The third-order valence-corrected chi connectivity index (χ3v) is 5.06. The number of nitrogens with one attached hydrogen (secondary N) is 2. The lowest BCUT2D eigenvalue weighted by Gasteiger charge is -2.13. The van der Waals surface area contributed by atoms with E-state index in [1.165, 1.54) is 11.8 Å². The van der Waals surface area contributed by atoms with Gasteiger partial charge in [0.1, 0.15) is 0 Å². The zero-order valence-electron chi connectivity index (χ0n) is 13.9. The molecule has 0 aliphatic rings. The number of nitrogens with zero attached hydrogens (tertiary/aromatic N) is 2. The van der Waals surface area contributed by atoms with E-state index in [9.17, 15) is 4.79 Å². The molecule has 0 fully saturated rings. The quantitative estimate of drug-likeness (QED) is 0.579. The highest BCUT2D eigenvalue weighted by atomic mass is 35.5. The van der Waals surface area contributed by atoms with E-state index in [1.807, 2.05) is 37.3 Å². The minimum atomic E-state index is -0.0813. The van der Waals surface area contributed by atoms with Gasteiger partial charge in [0.2, 0.25) is 11.1 Å². The molecule has 5 nitrogen and oxygen atoms in total. The van der Waals surface area contributed by atoms with E-state index in [2.05, 4.69) is 20.5 Å². The van der Waals surface area contributed by atoms with E-state index in [0.29, 0.717) is 26.6 Å². The van der Waals surface area contributed by atoms with Gasteiger partial charge in [-0.25, -0.2) is 4.98 Å². The van der Waals surface area contributed by atoms with Gasteiger partial charge in [-0.05, 0) is 30.7 Å². The summed E-state index contributed by atoms with van der Waals surface area (Å²) in [6.45, 7) is 1.95. The molecule has 0 radical (unpaired) electrons. The van der Waals surface area contributed by atoms with Gasteiger partial charge in [-0.15, -0.1) is 5.10 Å². The van der Waals surface area contributed by atoms with Crippen LogP contribution in [-0.2, 0) is 4.79 Å². The van der Waals surface area contributed by atoms with Crippen molar-refractivity contribution < 1.29 is 4.79 Å². The van der Waals surface area contributed by atoms with Crippen LogP contribution in [0.3, 0.4) is 0 Å². The van der Waals surface area contributed by atoms with Crippen LogP contribution >= 0.6 is 35.0 Å². The number of aromatic nitrogens is 3. The maximum Gasteiger partial charge on any atom is 0.230 e. The second-order valence-electron chi connectivity index (χ2n) is 5.58. The van der Waals surface area contributed by atoms with Gasteiger partial charge in [0.05, 0.1) is 16.8 Å². The molecule has 3 aromatic rings. The zero-order valence-corrected chi connectivity index (χ0v) is 16.2. The summed E-state index contributed by atoms with van der Waals surface area (Å²) in [7, 11) is 0. The molecule has 1 amide bonds. The summed E-state index contributed by atoms with van der Waals surface area (Å²) in [5.41, 5.74) is 1.76. The molecule has 0 aliphatic carbocycles. The fourth-order valence-electron chi connectivity index (χ4n) is 2.35. The zero-order chi connectivity index (χ0) is 18.5. The molecule has 0 spiro atoms. The number of aromatic amines is 1. The molecular formula is C18H16Cl2N4OS. The maximum atomic E-state index is 12.1. The van der Waals surface area contributed by atoms with Gasteiger partial charge < -0.3 is 5.32 Å². The Labute approximate surface area is 165 Å². The second-order valence-corrected chi connectivity index (χ2v) is 7.37. The van der Waals surface area contributed by atoms with Crippen molar-refractivity contribution in [2.24, 2.45) is 0 Å². The number of carbonyl (C=O) groups is 1. The highest BCUT2D eigenvalue weighted by Crippen LogP contribution is 2.29. The number of thioether (sulfide) groups is 1. The topological polar surface area (TPSA) is 70.7 Å². The van der Waals surface area contributed by atoms with E-state index < -0.39 is 0 Å². The molecule has 2 aromatic carbocycles. The van der Waals surface area contributed by atoms with Crippen molar-refractivity contribution in [2.75, 3.05) is 5.75 Å². The third kappa shape index (κ3) is 4.78. The predicted molar refractivity (Wildman–Crippen MR) is 106 cm³/mol. The molecule has 0 saturated carbocycles. The van der Waals surface area contributed by atoms with Crippen LogP contribution in [0.5, 0.6) is 0 Å². The van der Waals surface area contributed by atoms with Crippen LogP contribution in [0.2, 0.25) is 10.0 Å². The first-order valence-corrected chi connectivity index (χ1v) is 9.62. The first-order valence-electron chi connectivity index (χ1n) is 7.88. The highest BCUT2D eigenvalue weighted by molar-refractivity contribution is 7.99. The minimum Gasteiger partial charge on any atom is -0.349 e. The van der Waals surface area contributed by atoms with Gasteiger partial charge >= 0.3 is 0 Å². The number of H-pyrrole nitrogens is 1. The molecule has 0 saturated heterocycles. The largest absolute Gasteiger partial charge is 0.349 e. The fourth-order valence-corrected chi connectivity index (χ4v) is 3.46. The first kappa shape index (κ1) is 18.8. The normalized spacial score (nSPS) is 12.0. The maximum absolute atomic E-state index is 12.1. The Morgan fingerprint density at radius 1 is 1.23 bits per heavy atom. The lowest BCUT2D eigenvalue weighted by Crippen LogP contribution is -2.28. The molecule has 1 atom stereocenters. The fraction of sp³-hybridized carbons (Fsp3) is 0.167. The average molecular weight is 407 g/mol. The summed E-state index contributed by atoms with van der Waals surface area (Å²) in [5.74, 6) is 0.678. The van der Waals surface area contributed by atoms with Crippen LogP contribution in [0.4, 0.5) is 0 Å². The van der Waals surface area contributed by atoms with Gasteiger partial charge in [0, 0.05) is 10.6 Å². The Bertz CT molecular complexity index is 901. The Morgan fingerprint density at radius 3 is 2.73 bits per heavy atom. The molecule has 0 unspecified atom stereocenters. The van der Waals surface area contributed by atoms with Gasteiger partial charge in [0.25, 0.3) is 0 Å². The Morgan fingerprint density at radius 2 is 2.00 bits per heavy atom. The molecule has 3 rings (SSSR count). The van der Waals surface area contributed by atoms with Crippen molar-refractivity contribution in [3.05, 3.63) is 64.1 Å². The minimum absolute atomic E-state index is 0.0557. The Balaban J connectivity index is 1.57. The van der Waals surface area contributed by atoms with Gasteiger partial charge in [-0.3, -0.25) is 9.89 Å². The van der Waals surface area contributed by atoms with E-state index in [4.69, 9.17) is 23.2 Å². The van der Waals surface area contributed by atoms with Crippen LogP contribution in [0.15, 0.2) is 53.7 Å². The monoisotopic (exact) mass is 406 g/mol. The second kappa shape index (κ2) is 8.58. The molecule has 1 aromatic heterocycles. The summed E-state index contributed by atoms with van der Waals surface area (Å²) in [5, 5.41) is 11.4. The van der Waals surface area contributed by atoms with Crippen molar-refractivity contribution in [1.82, 2.24) is 20.5 Å². The Kier molecular flexibility index (Phi) is 6.19. The van der Waals surface area contributed by atoms with Crippen LogP contribution in [0.25, 0.3) is 11.4 Å². The summed E-state index contributed by atoms with van der Waals surface area (Å²) < 4.78 is 0. The smallest absolute Gasteiger partial charge is 0.230 e. The lowest BCUT2D eigenvalue weighted by molar-refractivity contribution is -0.119. The number of hydrogen-bond acceptors (Lipinski definition) is 4. The standard InChI is InChI=1S/C18H16Cl2N4OS/c1-11(12-5-3-2-4-6-12)21-16(25)10-26-18-22-17(23-24-18)14-8-7-13(19)9-15(14)20/h2-9,11H,10H2,1H3,(H,21,25)(H,22,23,24)/t11-/m1/s1. The summed E-state index contributed by atoms with van der Waals surface area (Å²) >= 11 is 13.3. The highest BCUT2D eigenvalue weighted by Gasteiger charge is 2.13. The van der Waals surface area contributed by atoms with E-state index >= 15 is 0 Å². The summed E-state index contributed by atoms with van der Waals surface area (Å²) in [4.78, 5) is 16.5. The van der Waals surface area contributed by atoms with Crippen molar-refractivity contribution in [3.8, 4) is 11.4 Å². The molecule has 8 heteroatoms. The summed E-state index contributed by atoms with van der Waals surface area (Å²) in [6.07, 6.45) is 0. The SMILES string of the molecule is C[C@@H](NC(=O)CSc1n[nH]c(-c2ccc(Cl)cc2Cl)n1)c1ccccc1. The van der Waals surface area contributed by atoms with Gasteiger partial charge in [-0.1, -0.05) is 65.3 Å². The Hall–Kier alpha value is -2.02. The average Bonchev–Trinajstić information content (AvgIpc) is 3.09. The van der Waals surface area contributed by atoms with Crippen molar-refractivity contribution in [1.29, 1.82) is 0 Å². The van der Waals surface area contributed by atoms with E-state index in [1.54, 1.807) is 18.2 Å². The lowest BCUT2D eigenvalue weighted by atomic mass is 10.1. The first-order chi connectivity index (χ1) is 12.5. The van der Waals surface area contributed by atoms with E-state index in [0.717, 1.165) is 5.56 Å². The summed E-state index contributed by atoms with van der Waals surface area (Å²) in [6, 6.07) is 14.9. The molecule has 134 valence electrons. The number of benzene rings is 2. The molecule has 0 aliphatic heterocycles. The molecule has 1 heterocycles. The third-order valence-electron chi connectivity index (χ3n) is 3.66. The number of amides is 1. The van der Waals surface area contributed by atoms with Crippen molar-refractivity contribution >= 4 is 40.9 Å². The number of carbonyl (C=O) groups excluding carboxylic acids is 1. The van der Waals surface area contributed by atoms with Gasteiger partial charge in [0.15, 0.2) is 5.82 Å².